The Morgan fingerprint density at radius 2 is 0.594 bits per heavy atom. The molecule has 0 fully saturated rings. The summed E-state index contributed by atoms with van der Waals surface area (Å²) in [6, 6.07) is 42.9. The van der Waals surface area contributed by atoms with E-state index >= 15 is 0 Å². The molecule has 4 aromatic carbocycles. The van der Waals surface area contributed by atoms with Crippen LogP contribution in [0.15, 0.2) is 134 Å². The molecular formula is C28H22N2P2. The Kier molecular flexibility index (Phi) is 6.45. The largest absolute Gasteiger partial charge is 0.252 e. The molecule has 0 bridgehead atoms. The minimum atomic E-state index is -0.837. The van der Waals surface area contributed by atoms with Gasteiger partial charge in [-0.05, 0) is 21.2 Å². The third kappa shape index (κ3) is 4.39. The highest BCUT2D eigenvalue weighted by molar-refractivity contribution is 7.85. The molecule has 5 rings (SSSR count). The van der Waals surface area contributed by atoms with Crippen molar-refractivity contribution >= 4 is 47.9 Å². The first kappa shape index (κ1) is 20.7. The first-order chi connectivity index (χ1) is 15.9. The molecule has 1 heterocycles. The number of hydrogen-bond donors (Lipinski definition) is 0. The lowest BCUT2D eigenvalue weighted by Gasteiger charge is -2.25. The molecule has 0 atom stereocenters. The van der Waals surface area contributed by atoms with Crippen LogP contribution in [0.1, 0.15) is 0 Å². The van der Waals surface area contributed by atoms with E-state index in [1.807, 2.05) is 12.4 Å². The Hall–Kier alpha value is -3.18. The summed E-state index contributed by atoms with van der Waals surface area (Å²) in [4.78, 5) is 9.97. The average Bonchev–Trinajstić information content (AvgIpc) is 2.88. The first-order valence-electron chi connectivity index (χ1n) is 10.5. The molecule has 2 nitrogen and oxygen atoms in total. The van der Waals surface area contributed by atoms with Crippen molar-refractivity contribution in [3.63, 3.8) is 0 Å². The van der Waals surface area contributed by atoms with E-state index in [9.17, 15) is 0 Å². The van der Waals surface area contributed by atoms with Crippen molar-refractivity contribution in [3.8, 4) is 0 Å². The van der Waals surface area contributed by atoms with Gasteiger partial charge in [0.05, 0.1) is 10.9 Å². The number of benzene rings is 4. The van der Waals surface area contributed by atoms with E-state index in [1.54, 1.807) is 0 Å². The van der Waals surface area contributed by atoms with Crippen molar-refractivity contribution in [2.45, 2.75) is 0 Å². The van der Waals surface area contributed by atoms with Crippen molar-refractivity contribution in [1.29, 1.82) is 0 Å². The maximum atomic E-state index is 4.99. The molecule has 5 aromatic rings. The zero-order valence-corrected chi connectivity index (χ0v) is 19.3. The van der Waals surface area contributed by atoms with Gasteiger partial charge in [0.1, 0.15) is 0 Å². The number of aromatic nitrogens is 2. The predicted molar refractivity (Wildman–Crippen MR) is 139 cm³/mol. The topological polar surface area (TPSA) is 25.8 Å². The molecule has 32 heavy (non-hydrogen) atoms. The van der Waals surface area contributed by atoms with Gasteiger partial charge in [-0.2, -0.15) is 0 Å². The zero-order valence-electron chi connectivity index (χ0n) is 17.5. The Balaban J connectivity index is 1.74. The van der Waals surface area contributed by atoms with Crippen LogP contribution in [-0.4, -0.2) is 9.97 Å². The van der Waals surface area contributed by atoms with Crippen LogP contribution in [0, 0.1) is 0 Å². The lowest BCUT2D eigenvalue weighted by Crippen LogP contribution is -2.38. The number of nitrogens with zero attached hydrogens (tertiary/aromatic N) is 2. The van der Waals surface area contributed by atoms with Gasteiger partial charge in [0.2, 0.25) is 0 Å². The van der Waals surface area contributed by atoms with Gasteiger partial charge in [-0.1, -0.05) is 121 Å². The average molecular weight is 448 g/mol. The fourth-order valence-corrected chi connectivity index (χ4v) is 8.67. The van der Waals surface area contributed by atoms with Gasteiger partial charge in [-0.15, -0.1) is 0 Å². The minimum Gasteiger partial charge on any atom is -0.252 e. The Labute approximate surface area is 191 Å². The van der Waals surface area contributed by atoms with Gasteiger partial charge in [-0.25, -0.2) is 0 Å². The van der Waals surface area contributed by atoms with Gasteiger partial charge in [0, 0.05) is 28.2 Å². The standard InChI is InChI=1S/C28H22N2P2/c1-5-13-23(14-6-1)31(24-15-7-2-8-16-24)27-28(30-22-21-29-27)32(25-17-9-3-10-18-25)26-19-11-4-12-20-26/h1-22H. The quantitative estimate of drug-likeness (QED) is 0.367. The molecule has 0 spiro atoms. The summed E-state index contributed by atoms with van der Waals surface area (Å²) in [5, 5.41) is 5.14. The second-order valence-electron chi connectivity index (χ2n) is 7.22. The van der Waals surface area contributed by atoms with Crippen LogP contribution < -0.4 is 32.1 Å². The van der Waals surface area contributed by atoms with Gasteiger partial charge < -0.3 is 0 Å². The molecule has 0 unspecified atom stereocenters. The molecular weight excluding hydrogens is 426 g/mol. The third-order valence-electron chi connectivity index (χ3n) is 5.14. The van der Waals surface area contributed by atoms with Crippen LogP contribution in [0.2, 0.25) is 0 Å². The lowest BCUT2D eigenvalue weighted by molar-refractivity contribution is 1.28. The highest BCUT2D eigenvalue weighted by atomic mass is 31.1. The Morgan fingerprint density at radius 3 is 0.844 bits per heavy atom. The van der Waals surface area contributed by atoms with E-state index in [4.69, 9.17) is 9.97 Å². The summed E-state index contributed by atoms with van der Waals surface area (Å²) in [5.74, 6) is 0. The predicted octanol–water partition coefficient (Wildman–Crippen LogP) is 3.99. The van der Waals surface area contributed by atoms with E-state index in [0.717, 1.165) is 10.9 Å². The fraction of sp³-hybridized carbons (Fsp3) is 0. The van der Waals surface area contributed by atoms with Crippen molar-refractivity contribution in [2.75, 3.05) is 0 Å². The van der Waals surface area contributed by atoms with Crippen molar-refractivity contribution < 1.29 is 0 Å². The summed E-state index contributed by atoms with van der Waals surface area (Å²) in [7, 11) is -1.67. The van der Waals surface area contributed by atoms with Crippen molar-refractivity contribution in [3.05, 3.63) is 134 Å². The van der Waals surface area contributed by atoms with Gasteiger partial charge in [0.25, 0.3) is 0 Å². The molecule has 0 saturated heterocycles. The molecule has 1 aromatic heterocycles. The van der Waals surface area contributed by atoms with Gasteiger partial charge in [-0.3, -0.25) is 9.97 Å². The fourth-order valence-electron chi connectivity index (χ4n) is 3.73. The molecule has 0 radical (unpaired) electrons. The third-order valence-corrected chi connectivity index (χ3v) is 10.1. The van der Waals surface area contributed by atoms with Crippen molar-refractivity contribution in [2.24, 2.45) is 0 Å². The maximum Gasteiger partial charge on any atom is 0.0986 e. The highest BCUT2D eigenvalue weighted by Crippen LogP contribution is 2.37. The molecule has 0 amide bonds. The molecule has 0 N–H and O–H groups in total. The summed E-state index contributed by atoms with van der Waals surface area (Å²) in [6.07, 6.45) is 3.67. The van der Waals surface area contributed by atoms with Crippen LogP contribution in [0.4, 0.5) is 0 Å². The molecule has 4 heteroatoms. The maximum absolute atomic E-state index is 4.99. The molecule has 0 aliphatic heterocycles. The Morgan fingerprint density at radius 1 is 0.344 bits per heavy atom. The molecule has 154 valence electrons. The second-order valence-corrected chi connectivity index (χ2v) is 11.5. The van der Waals surface area contributed by atoms with Gasteiger partial charge in [0.15, 0.2) is 0 Å². The highest BCUT2D eigenvalue weighted by Gasteiger charge is 2.27. The van der Waals surface area contributed by atoms with Crippen molar-refractivity contribution in [1.82, 2.24) is 9.97 Å². The van der Waals surface area contributed by atoms with Crippen LogP contribution >= 0.6 is 15.8 Å². The lowest BCUT2D eigenvalue weighted by atomic mass is 10.4. The van der Waals surface area contributed by atoms with E-state index in [2.05, 4.69) is 121 Å². The zero-order chi connectivity index (χ0) is 21.6. The van der Waals surface area contributed by atoms with Gasteiger partial charge >= 0.3 is 0 Å². The van der Waals surface area contributed by atoms with Crippen LogP contribution in [0.3, 0.4) is 0 Å². The summed E-state index contributed by atoms with van der Waals surface area (Å²) < 4.78 is 0. The van der Waals surface area contributed by atoms with Crippen LogP contribution in [0.5, 0.6) is 0 Å². The normalized spacial score (nSPS) is 11.1. The van der Waals surface area contributed by atoms with Crippen LogP contribution in [-0.2, 0) is 0 Å². The minimum absolute atomic E-state index is 0.837. The Bertz CT molecular complexity index is 1080. The smallest absolute Gasteiger partial charge is 0.0986 e. The second kappa shape index (κ2) is 9.96. The number of hydrogen-bond acceptors (Lipinski definition) is 2. The summed E-state index contributed by atoms with van der Waals surface area (Å²) >= 11 is 0. The molecule has 0 aliphatic rings. The molecule has 0 saturated carbocycles. The molecule has 0 aliphatic carbocycles. The SMILES string of the molecule is c1ccc(P(c2ccccc2)c2nccnc2P(c2ccccc2)c2ccccc2)cc1. The van der Waals surface area contributed by atoms with E-state index in [1.165, 1.54) is 21.2 Å². The summed E-state index contributed by atoms with van der Waals surface area (Å²) in [5.41, 5.74) is 2.16. The summed E-state index contributed by atoms with van der Waals surface area (Å²) in [6.45, 7) is 0. The van der Waals surface area contributed by atoms with Crippen LogP contribution in [0.25, 0.3) is 0 Å². The van der Waals surface area contributed by atoms with E-state index in [-0.39, 0.29) is 0 Å². The van der Waals surface area contributed by atoms with E-state index in [0.29, 0.717) is 0 Å². The van der Waals surface area contributed by atoms with E-state index < -0.39 is 15.8 Å². The first-order valence-corrected chi connectivity index (χ1v) is 13.2. The monoisotopic (exact) mass is 448 g/mol. The number of rotatable bonds is 6.